The van der Waals surface area contributed by atoms with Crippen LogP contribution in [-0.4, -0.2) is 29.3 Å². The molecule has 1 amide bonds. The van der Waals surface area contributed by atoms with Crippen LogP contribution in [0.2, 0.25) is 0 Å². The fraction of sp³-hybridized carbons (Fsp3) is 0.375. The largest absolute Gasteiger partial charge is 0.493 e. The summed E-state index contributed by atoms with van der Waals surface area (Å²) in [6, 6.07) is 12.1. The maximum Gasteiger partial charge on any atom is 0.247 e. The zero-order chi connectivity index (χ0) is 21.5. The predicted octanol–water partition coefficient (Wildman–Crippen LogP) is 4.49. The summed E-state index contributed by atoms with van der Waals surface area (Å²) in [5, 5.41) is 11.0. The number of ether oxygens (including phenoxy) is 1. The first-order valence-corrected chi connectivity index (χ1v) is 10.3. The molecule has 0 bridgehead atoms. The van der Waals surface area contributed by atoms with Crippen LogP contribution in [0, 0.1) is 27.7 Å². The van der Waals surface area contributed by atoms with E-state index in [0.29, 0.717) is 37.8 Å². The summed E-state index contributed by atoms with van der Waals surface area (Å²) in [6.07, 6.45) is 1.48. The molecule has 1 N–H and O–H groups in total. The third kappa shape index (κ3) is 5.92. The lowest BCUT2D eigenvalue weighted by molar-refractivity contribution is -0.121. The number of carbonyl (C=O) groups is 1. The highest BCUT2D eigenvalue weighted by Gasteiger charge is 2.10. The van der Waals surface area contributed by atoms with Crippen molar-refractivity contribution in [1.29, 1.82) is 0 Å². The second kappa shape index (κ2) is 10.1. The maximum absolute atomic E-state index is 12.1. The fourth-order valence-electron chi connectivity index (χ4n) is 3.11. The molecule has 0 radical (unpaired) electrons. The molecule has 0 spiro atoms. The van der Waals surface area contributed by atoms with Crippen LogP contribution in [0.4, 0.5) is 0 Å². The van der Waals surface area contributed by atoms with Gasteiger partial charge in [-0.05, 0) is 69.0 Å². The van der Waals surface area contributed by atoms with Crippen LogP contribution < -0.4 is 10.1 Å². The average molecular weight is 408 g/mol. The smallest absolute Gasteiger partial charge is 0.247 e. The summed E-state index contributed by atoms with van der Waals surface area (Å²) < 4.78 is 11.5. The van der Waals surface area contributed by atoms with Crippen LogP contribution in [0.5, 0.6) is 5.75 Å². The zero-order valence-corrected chi connectivity index (χ0v) is 18.1. The van der Waals surface area contributed by atoms with Gasteiger partial charge in [0.2, 0.25) is 17.7 Å². The summed E-state index contributed by atoms with van der Waals surface area (Å²) in [7, 11) is 0. The first-order valence-electron chi connectivity index (χ1n) is 10.3. The van der Waals surface area contributed by atoms with Crippen molar-refractivity contribution >= 4 is 5.91 Å². The Bertz CT molecular complexity index is 993. The number of nitrogens with one attached hydrogen (secondary N) is 1. The van der Waals surface area contributed by atoms with Crippen molar-refractivity contribution in [1.82, 2.24) is 15.5 Å². The molecule has 0 fully saturated rings. The minimum atomic E-state index is -0.0346. The fourth-order valence-corrected chi connectivity index (χ4v) is 3.11. The van der Waals surface area contributed by atoms with E-state index in [9.17, 15) is 4.79 Å². The highest BCUT2D eigenvalue weighted by molar-refractivity contribution is 5.75. The van der Waals surface area contributed by atoms with Crippen molar-refractivity contribution in [3.63, 3.8) is 0 Å². The van der Waals surface area contributed by atoms with Gasteiger partial charge in [-0.15, -0.1) is 10.2 Å². The number of carbonyl (C=O) groups excluding carboxylic acids is 1. The molecule has 158 valence electrons. The van der Waals surface area contributed by atoms with Crippen molar-refractivity contribution < 1.29 is 13.9 Å². The van der Waals surface area contributed by atoms with Gasteiger partial charge < -0.3 is 14.5 Å². The number of hydrogen-bond donors (Lipinski definition) is 1. The molecule has 0 aliphatic carbocycles. The van der Waals surface area contributed by atoms with Gasteiger partial charge in [0.25, 0.3) is 0 Å². The predicted molar refractivity (Wildman–Crippen MR) is 117 cm³/mol. The minimum Gasteiger partial charge on any atom is -0.493 e. The second-order valence-electron chi connectivity index (χ2n) is 7.62. The van der Waals surface area contributed by atoms with Gasteiger partial charge in [-0.25, -0.2) is 0 Å². The molecule has 3 aromatic rings. The Labute approximate surface area is 177 Å². The van der Waals surface area contributed by atoms with Crippen LogP contribution in [0.15, 0.2) is 40.8 Å². The number of hydrogen-bond acceptors (Lipinski definition) is 5. The number of benzene rings is 2. The van der Waals surface area contributed by atoms with Crippen molar-refractivity contribution in [3.05, 3.63) is 64.5 Å². The SMILES string of the molecule is Cc1ccc(-c2nnc(CCC(=O)NCCCOc3cc(C)cc(C)c3C)o2)cc1. The molecule has 30 heavy (non-hydrogen) atoms. The van der Waals surface area contributed by atoms with Gasteiger partial charge in [0, 0.05) is 24.9 Å². The Morgan fingerprint density at radius 1 is 1.03 bits per heavy atom. The van der Waals surface area contributed by atoms with Gasteiger partial charge in [0.05, 0.1) is 6.61 Å². The molecule has 0 atom stereocenters. The molecule has 0 saturated carbocycles. The molecule has 2 aromatic carbocycles. The Morgan fingerprint density at radius 2 is 1.80 bits per heavy atom. The van der Waals surface area contributed by atoms with Crippen LogP contribution in [-0.2, 0) is 11.2 Å². The molecular weight excluding hydrogens is 378 g/mol. The van der Waals surface area contributed by atoms with E-state index in [2.05, 4.69) is 48.4 Å². The Balaban J connectivity index is 1.36. The van der Waals surface area contributed by atoms with E-state index < -0.39 is 0 Å². The topological polar surface area (TPSA) is 77.2 Å². The number of aromatic nitrogens is 2. The van der Waals surface area contributed by atoms with Gasteiger partial charge in [-0.3, -0.25) is 4.79 Å². The van der Waals surface area contributed by atoms with E-state index in [-0.39, 0.29) is 5.91 Å². The van der Waals surface area contributed by atoms with E-state index in [1.165, 1.54) is 16.7 Å². The first kappa shape index (κ1) is 21.6. The van der Waals surface area contributed by atoms with Gasteiger partial charge in [-0.2, -0.15) is 0 Å². The zero-order valence-electron chi connectivity index (χ0n) is 18.1. The van der Waals surface area contributed by atoms with E-state index in [0.717, 1.165) is 23.3 Å². The summed E-state index contributed by atoms with van der Waals surface area (Å²) in [5.41, 5.74) is 5.62. The van der Waals surface area contributed by atoms with Crippen molar-refractivity contribution in [2.45, 2.75) is 47.0 Å². The van der Waals surface area contributed by atoms with Crippen molar-refractivity contribution in [2.75, 3.05) is 13.2 Å². The van der Waals surface area contributed by atoms with Gasteiger partial charge in [0.1, 0.15) is 5.75 Å². The van der Waals surface area contributed by atoms with Crippen molar-refractivity contribution in [3.8, 4) is 17.2 Å². The lowest BCUT2D eigenvalue weighted by atomic mass is 10.1. The Kier molecular flexibility index (Phi) is 7.22. The molecule has 1 heterocycles. The molecular formula is C24H29N3O3. The molecule has 6 heteroatoms. The molecule has 0 saturated heterocycles. The lowest BCUT2D eigenvalue weighted by Crippen LogP contribution is -2.25. The monoisotopic (exact) mass is 407 g/mol. The second-order valence-corrected chi connectivity index (χ2v) is 7.62. The highest BCUT2D eigenvalue weighted by Crippen LogP contribution is 2.23. The summed E-state index contributed by atoms with van der Waals surface area (Å²) in [5.74, 6) is 1.82. The molecule has 0 aliphatic rings. The molecule has 1 aromatic heterocycles. The average Bonchev–Trinajstić information content (AvgIpc) is 3.19. The van der Waals surface area contributed by atoms with Crippen LogP contribution in [0.3, 0.4) is 0 Å². The number of rotatable bonds is 9. The summed E-state index contributed by atoms with van der Waals surface area (Å²) in [6.45, 7) is 9.37. The lowest BCUT2D eigenvalue weighted by Gasteiger charge is -2.12. The Morgan fingerprint density at radius 3 is 2.57 bits per heavy atom. The minimum absolute atomic E-state index is 0.0346. The maximum atomic E-state index is 12.1. The number of amides is 1. The third-order valence-corrected chi connectivity index (χ3v) is 5.00. The molecule has 6 nitrogen and oxygen atoms in total. The van der Waals surface area contributed by atoms with E-state index in [4.69, 9.17) is 9.15 Å². The van der Waals surface area contributed by atoms with Crippen LogP contribution in [0.1, 0.15) is 41.0 Å². The van der Waals surface area contributed by atoms with Crippen LogP contribution in [0.25, 0.3) is 11.5 Å². The van der Waals surface area contributed by atoms with Crippen molar-refractivity contribution in [2.24, 2.45) is 0 Å². The number of aryl methyl sites for hydroxylation is 4. The van der Waals surface area contributed by atoms with E-state index in [1.807, 2.05) is 31.2 Å². The van der Waals surface area contributed by atoms with Crippen LogP contribution >= 0.6 is 0 Å². The van der Waals surface area contributed by atoms with E-state index in [1.54, 1.807) is 0 Å². The van der Waals surface area contributed by atoms with Gasteiger partial charge >= 0.3 is 0 Å². The number of nitrogens with zero attached hydrogens (tertiary/aromatic N) is 2. The van der Waals surface area contributed by atoms with Gasteiger partial charge in [0.15, 0.2) is 0 Å². The quantitative estimate of drug-likeness (QED) is 0.529. The molecule has 0 aliphatic heterocycles. The highest BCUT2D eigenvalue weighted by atomic mass is 16.5. The Hall–Kier alpha value is -3.15. The summed E-state index contributed by atoms with van der Waals surface area (Å²) in [4.78, 5) is 12.1. The molecule has 0 unspecified atom stereocenters. The third-order valence-electron chi connectivity index (χ3n) is 5.00. The van der Waals surface area contributed by atoms with Gasteiger partial charge in [-0.1, -0.05) is 23.8 Å². The normalized spacial score (nSPS) is 10.8. The standard InChI is InChI=1S/C24H29N3O3/c1-16-6-8-20(9-7-16)24-27-26-23(30-24)11-10-22(28)25-12-5-13-29-21-15-17(2)14-18(3)19(21)4/h6-9,14-15H,5,10-13H2,1-4H3,(H,25,28). The summed E-state index contributed by atoms with van der Waals surface area (Å²) >= 11 is 0. The van der Waals surface area contributed by atoms with E-state index >= 15 is 0 Å². The first-order chi connectivity index (χ1) is 14.4. The molecule has 3 rings (SSSR count).